The van der Waals surface area contributed by atoms with Gasteiger partial charge in [-0.2, -0.15) is 0 Å². The predicted octanol–water partition coefficient (Wildman–Crippen LogP) is 0.959. The van der Waals surface area contributed by atoms with Gasteiger partial charge in [0.15, 0.2) is 0 Å². The summed E-state index contributed by atoms with van der Waals surface area (Å²) in [7, 11) is 1.87. The van der Waals surface area contributed by atoms with Crippen LogP contribution in [0.25, 0.3) is 0 Å². The van der Waals surface area contributed by atoms with E-state index < -0.39 is 0 Å². The highest BCUT2D eigenvalue weighted by Crippen LogP contribution is 2.39. The van der Waals surface area contributed by atoms with Crippen LogP contribution in [0.3, 0.4) is 0 Å². The molecule has 0 unspecified atom stereocenters. The molecule has 2 fully saturated rings. The van der Waals surface area contributed by atoms with E-state index in [-0.39, 0.29) is 5.91 Å². The number of nitrogens with two attached hydrogens (primary N) is 1. The number of carbonyl (C=O) groups is 1. The van der Waals surface area contributed by atoms with Crippen LogP contribution in [0.5, 0.6) is 0 Å². The van der Waals surface area contributed by atoms with Crippen molar-refractivity contribution >= 4 is 17.5 Å². The summed E-state index contributed by atoms with van der Waals surface area (Å²) in [5.41, 5.74) is 6.81. The van der Waals surface area contributed by atoms with E-state index in [1.807, 2.05) is 18.9 Å². The Labute approximate surface area is 118 Å². The van der Waals surface area contributed by atoms with E-state index in [0.29, 0.717) is 24.3 Å². The van der Waals surface area contributed by atoms with Crippen LogP contribution >= 0.6 is 0 Å². The second-order valence-electron chi connectivity index (χ2n) is 5.89. The van der Waals surface area contributed by atoms with Crippen molar-refractivity contribution in [3.05, 3.63) is 11.4 Å². The van der Waals surface area contributed by atoms with Crippen LogP contribution in [0.2, 0.25) is 0 Å². The number of hydrogen-bond acceptors (Lipinski definition) is 5. The molecule has 3 N–H and O–H groups in total. The van der Waals surface area contributed by atoms with Crippen LogP contribution in [-0.2, 0) is 4.79 Å². The first-order valence-corrected chi connectivity index (χ1v) is 7.19. The number of aromatic nitrogens is 2. The highest BCUT2D eigenvalue weighted by molar-refractivity contribution is 5.81. The maximum absolute atomic E-state index is 11.9. The molecule has 20 heavy (non-hydrogen) atoms. The van der Waals surface area contributed by atoms with Gasteiger partial charge in [0.05, 0.1) is 6.54 Å². The number of likely N-dealkylation sites (N-methyl/N-ethyl adjacent to an activating group) is 1. The Morgan fingerprint density at radius 2 is 2.05 bits per heavy atom. The number of amides is 1. The van der Waals surface area contributed by atoms with Crippen LogP contribution in [0, 0.1) is 6.92 Å². The fraction of sp³-hybridized carbons (Fsp3) is 0.643. The highest BCUT2D eigenvalue weighted by Gasteiger charge is 2.29. The number of carbonyl (C=O) groups excluding carboxylic acids is 1. The number of nitrogen functional groups attached to an aromatic ring is 1. The summed E-state index contributed by atoms with van der Waals surface area (Å²) in [5.74, 6) is 2.60. The summed E-state index contributed by atoms with van der Waals surface area (Å²) in [6, 6.07) is 0.384. The molecule has 0 spiro atoms. The molecule has 1 heterocycles. The molecule has 0 saturated heterocycles. The zero-order chi connectivity index (χ0) is 14.3. The topological polar surface area (TPSA) is 84.1 Å². The minimum Gasteiger partial charge on any atom is -0.383 e. The third kappa shape index (κ3) is 2.84. The summed E-state index contributed by atoms with van der Waals surface area (Å²) in [6.07, 6.45) is 4.46. The van der Waals surface area contributed by atoms with E-state index in [4.69, 9.17) is 5.73 Å². The third-order valence-corrected chi connectivity index (χ3v) is 3.80. The van der Waals surface area contributed by atoms with Crippen molar-refractivity contribution in [2.45, 2.75) is 44.6 Å². The van der Waals surface area contributed by atoms with Gasteiger partial charge in [-0.15, -0.1) is 0 Å². The van der Waals surface area contributed by atoms with Gasteiger partial charge in [-0.3, -0.25) is 4.79 Å². The van der Waals surface area contributed by atoms with Crippen LogP contribution < -0.4 is 16.0 Å². The Morgan fingerprint density at radius 1 is 1.35 bits per heavy atom. The Morgan fingerprint density at radius 3 is 2.65 bits per heavy atom. The van der Waals surface area contributed by atoms with Crippen molar-refractivity contribution in [3.8, 4) is 0 Å². The van der Waals surface area contributed by atoms with Gasteiger partial charge in [0.2, 0.25) is 5.91 Å². The maximum Gasteiger partial charge on any atom is 0.239 e. The number of hydrogen-bond donors (Lipinski definition) is 2. The Hall–Kier alpha value is -1.85. The third-order valence-electron chi connectivity index (χ3n) is 3.80. The molecule has 108 valence electrons. The largest absolute Gasteiger partial charge is 0.383 e. The number of rotatable bonds is 5. The minimum absolute atomic E-state index is 0.0413. The molecule has 0 aromatic carbocycles. The van der Waals surface area contributed by atoms with Crippen molar-refractivity contribution in [2.24, 2.45) is 0 Å². The SMILES string of the molecule is Cc1c(N)nc(C2CC2)nc1N(C)CC(=O)NC1CC1. The molecule has 0 aliphatic heterocycles. The summed E-state index contributed by atoms with van der Waals surface area (Å²) >= 11 is 0. The fourth-order valence-corrected chi connectivity index (χ4v) is 2.23. The van der Waals surface area contributed by atoms with Gasteiger partial charge in [0, 0.05) is 24.6 Å². The predicted molar refractivity (Wildman–Crippen MR) is 77.6 cm³/mol. The Bertz CT molecular complexity index is 537. The lowest BCUT2D eigenvalue weighted by Gasteiger charge is -2.21. The van der Waals surface area contributed by atoms with Crippen LogP contribution in [0.1, 0.15) is 43.0 Å². The lowest BCUT2D eigenvalue weighted by atomic mass is 10.2. The molecule has 6 nitrogen and oxygen atoms in total. The Kier molecular flexibility index (Phi) is 3.23. The van der Waals surface area contributed by atoms with Gasteiger partial charge < -0.3 is 16.0 Å². The van der Waals surface area contributed by atoms with E-state index >= 15 is 0 Å². The molecule has 0 bridgehead atoms. The zero-order valence-electron chi connectivity index (χ0n) is 12.0. The van der Waals surface area contributed by atoms with Crippen molar-refractivity contribution in [1.82, 2.24) is 15.3 Å². The summed E-state index contributed by atoms with van der Waals surface area (Å²) in [6.45, 7) is 2.20. The number of anilines is 2. The van der Waals surface area contributed by atoms with Crippen LogP contribution in [0.4, 0.5) is 11.6 Å². The van der Waals surface area contributed by atoms with E-state index in [0.717, 1.165) is 42.9 Å². The maximum atomic E-state index is 11.9. The zero-order valence-corrected chi connectivity index (χ0v) is 12.0. The summed E-state index contributed by atoms with van der Waals surface area (Å²) in [4.78, 5) is 22.7. The first-order chi connectivity index (χ1) is 9.54. The van der Waals surface area contributed by atoms with Gasteiger partial charge in [0.1, 0.15) is 17.5 Å². The average Bonchev–Trinajstić information content (AvgIpc) is 3.24. The van der Waals surface area contributed by atoms with E-state index in [2.05, 4.69) is 15.3 Å². The number of nitrogens with zero attached hydrogens (tertiary/aromatic N) is 3. The molecule has 2 saturated carbocycles. The van der Waals surface area contributed by atoms with Gasteiger partial charge in [-0.1, -0.05) is 0 Å². The molecule has 1 aromatic heterocycles. The van der Waals surface area contributed by atoms with Gasteiger partial charge in [-0.05, 0) is 32.6 Å². The quantitative estimate of drug-likeness (QED) is 0.836. The lowest BCUT2D eigenvalue weighted by molar-refractivity contribution is -0.119. The molecule has 1 aromatic rings. The molecule has 6 heteroatoms. The monoisotopic (exact) mass is 275 g/mol. The number of nitrogens with one attached hydrogen (secondary N) is 1. The van der Waals surface area contributed by atoms with Crippen molar-refractivity contribution in [2.75, 3.05) is 24.2 Å². The standard InChI is InChI=1S/C14H21N5O/c1-8-12(15)17-13(9-3-4-9)18-14(8)19(2)7-11(20)16-10-5-6-10/h9-10H,3-7H2,1-2H3,(H,16,20)(H2,15,17,18). The van der Waals surface area contributed by atoms with Gasteiger partial charge >= 0.3 is 0 Å². The van der Waals surface area contributed by atoms with Crippen molar-refractivity contribution in [3.63, 3.8) is 0 Å². The van der Waals surface area contributed by atoms with Crippen LogP contribution in [-0.4, -0.2) is 35.5 Å². The van der Waals surface area contributed by atoms with Crippen LogP contribution in [0.15, 0.2) is 0 Å². The average molecular weight is 275 g/mol. The minimum atomic E-state index is 0.0413. The van der Waals surface area contributed by atoms with Crippen molar-refractivity contribution < 1.29 is 4.79 Å². The molecule has 2 aliphatic rings. The van der Waals surface area contributed by atoms with E-state index in [9.17, 15) is 4.79 Å². The molecule has 3 rings (SSSR count). The van der Waals surface area contributed by atoms with Gasteiger partial charge in [0.25, 0.3) is 0 Å². The first kappa shape index (κ1) is 13.1. The van der Waals surface area contributed by atoms with Gasteiger partial charge in [-0.25, -0.2) is 9.97 Å². The summed E-state index contributed by atoms with van der Waals surface area (Å²) < 4.78 is 0. The molecular weight excluding hydrogens is 254 g/mol. The summed E-state index contributed by atoms with van der Waals surface area (Å²) in [5, 5.41) is 2.98. The van der Waals surface area contributed by atoms with Crippen molar-refractivity contribution in [1.29, 1.82) is 0 Å². The molecule has 1 amide bonds. The lowest BCUT2D eigenvalue weighted by Crippen LogP contribution is -2.37. The normalized spacial score (nSPS) is 17.9. The second-order valence-corrected chi connectivity index (χ2v) is 5.89. The molecular formula is C14H21N5O. The first-order valence-electron chi connectivity index (χ1n) is 7.19. The van der Waals surface area contributed by atoms with E-state index in [1.165, 1.54) is 0 Å². The fourth-order valence-electron chi connectivity index (χ4n) is 2.23. The highest BCUT2D eigenvalue weighted by atomic mass is 16.2. The van der Waals surface area contributed by atoms with E-state index in [1.54, 1.807) is 0 Å². The molecule has 0 atom stereocenters. The smallest absolute Gasteiger partial charge is 0.239 e. The molecule has 2 aliphatic carbocycles. The Balaban J connectivity index is 1.74. The second kappa shape index (κ2) is 4.92. The molecule has 0 radical (unpaired) electrons.